The molecule has 1 fully saturated rings. The van der Waals surface area contributed by atoms with Crippen molar-refractivity contribution in [1.29, 1.82) is 0 Å². The summed E-state index contributed by atoms with van der Waals surface area (Å²) in [4.78, 5) is 21.9. The van der Waals surface area contributed by atoms with Gasteiger partial charge in [-0.1, -0.05) is 0 Å². The van der Waals surface area contributed by atoms with Crippen LogP contribution < -0.4 is 4.74 Å². The van der Waals surface area contributed by atoms with E-state index in [1.807, 2.05) is 0 Å². The second-order valence-corrected chi connectivity index (χ2v) is 4.85. The highest BCUT2D eigenvalue weighted by molar-refractivity contribution is 5.84. The van der Waals surface area contributed by atoms with Gasteiger partial charge in [0.15, 0.2) is 12.4 Å². The molecule has 0 bridgehead atoms. The highest BCUT2D eigenvalue weighted by Gasteiger charge is 2.48. The van der Waals surface area contributed by atoms with Crippen LogP contribution in [0.1, 0.15) is 10.4 Å². The summed E-state index contributed by atoms with van der Waals surface area (Å²) in [5.74, 6) is -3.10. The number of carbonyl (C=O) groups is 2. The van der Waals surface area contributed by atoms with Crippen molar-refractivity contribution in [2.24, 2.45) is 0 Å². The van der Waals surface area contributed by atoms with E-state index < -0.39 is 53.9 Å². The van der Waals surface area contributed by atoms with E-state index in [-0.39, 0.29) is 11.8 Å². The summed E-state index contributed by atoms with van der Waals surface area (Å²) < 4.78 is 9.96. The molecule has 23 heavy (non-hydrogen) atoms. The fourth-order valence-corrected chi connectivity index (χ4v) is 2.09. The van der Waals surface area contributed by atoms with Crippen LogP contribution in [0.15, 0.2) is 12.1 Å². The molecular formula is C13H14O10. The first-order valence-electron chi connectivity index (χ1n) is 6.36. The smallest absolute Gasteiger partial charge is 0.335 e. The number of carbonyl (C=O) groups excluding carboxylic acids is 1. The number of aliphatic hydroxyl groups excluding tert-OH is 3. The van der Waals surface area contributed by atoms with E-state index in [1.165, 1.54) is 0 Å². The number of aliphatic carboxylic acids is 1. The van der Waals surface area contributed by atoms with Gasteiger partial charge in [-0.25, -0.2) is 4.79 Å². The lowest BCUT2D eigenvalue weighted by Gasteiger charge is -2.38. The Morgan fingerprint density at radius 3 is 2.35 bits per heavy atom. The largest absolute Gasteiger partial charge is 0.508 e. The highest BCUT2D eigenvalue weighted by Crippen LogP contribution is 2.33. The molecule has 10 heteroatoms. The molecule has 0 saturated carbocycles. The van der Waals surface area contributed by atoms with Gasteiger partial charge in [0.05, 0.1) is 5.56 Å². The second-order valence-electron chi connectivity index (χ2n) is 4.85. The molecule has 0 amide bonds. The first-order chi connectivity index (χ1) is 10.8. The number of hydrogen-bond donors (Lipinski definition) is 6. The van der Waals surface area contributed by atoms with Gasteiger partial charge < -0.3 is 40.1 Å². The predicted octanol–water partition coefficient (Wildman–Crippen LogP) is -1.82. The summed E-state index contributed by atoms with van der Waals surface area (Å²) in [6.45, 7) is 0. The molecule has 1 aromatic carbocycles. The number of aliphatic hydroxyl groups is 3. The van der Waals surface area contributed by atoms with Crippen molar-refractivity contribution in [3.63, 3.8) is 0 Å². The van der Waals surface area contributed by atoms with Gasteiger partial charge in [-0.3, -0.25) is 4.79 Å². The maximum Gasteiger partial charge on any atom is 0.335 e. The Hall–Kier alpha value is -2.40. The fourth-order valence-electron chi connectivity index (χ4n) is 2.09. The first-order valence-corrected chi connectivity index (χ1v) is 6.36. The van der Waals surface area contributed by atoms with Crippen molar-refractivity contribution >= 4 is 12.3 Å². The van der Waals surface area contributed by atoms with Crippen molar-refractivity contribution in [2.45, 2.75) is 30.7 Å². The number of rotatable bonds is 4. The van der Waals surface area contributed by atoms with Crippen LogP contribution in [-0.2, 0) is 9.53 Å². The molecule has 0 aliphatic carbocycles. The van der Waals surface area contributed by atoms with E-state index in [4.69, 9.17) is 14.6 Å². The van der Waals surface area contributed by atoms with Gasteiger partial charge in [0.2, 0.25) is 6.29 Å². The third kappa shape index (κ3) is 3.19. The number of ether oxygens (including phenoxy) is 2. The van der Waals surface area contributed by atoms with E-state index in [9.17, 15) is 35.1 Å². The van der Waals surface area contributed by atoms with Gasteiger partial charge in [0.1, 0.15) is 35.6 Å². The zero-order chi connectivity index (χ0) is 17.3. The minimum Gasteiger partial charge on any atom is -0.508 e. The topological polar surface area (TPSA) is 174 Å². The molecule has 1 heterocycles. The first kappa shape index (κ1) is 17.0. The molecule has 0 spiro atoms. The van der Waals surface area contributed by atoms with Gasteiger partial charge in [-0.2, -0.15) is 0 Å². The van der Waals surface area contributed by atoms with Crippen LogP contribution in [0.2, 0.25) is 0 Å². The lowest BCUT2D eigenvalue weighted by atomic mass is 9.99. The zero-order valence-corrected chi connectivity index (χ0v) is 11.4. The Balaban J connectivity index is 2.32. The Bertz CT molecular complexity index is 615. The minimum absolute atomic E-state index is 0.208. The Morgan fingerprint density at radius 2 is 1.78 bits per heavy atom. The van der Waals surface area contributed by atoms with E-state index in [2.05, 4.69) is 0 Å². The standard InChI is InChI=1S/C13H14O10/c14-3-5-6(16)1-4(15)2-7(5)22-13-10(19)8(17)9(18)11(23-13)12(20)21/h1-3,8-11,13,15-19H,(H,20,21). The average Bonchev–Trinajstić information content (AvgIpc) is 2.47. The Labute approximate surface area is 128 Å². The van der Waals surface area contributed by atoms with Crippen molar-refractivity contribution in [3.8, 4) is 17.2 Å². The Morgan fingerprint density at radius 1 is 1.13 bits per heavy atom. The van der Waals surface area contributed by atoms with Crippen LogP contribution in [-0.4, -0.2) is 73.6 Å². The Kier molecular flexibility index (Phi) is 4.71. The van der Waals surface area contributed by atoms with E-state index in [0.29, 0.717) is 0 Å². The van der Waals surface area contributed by atoms with Gasteiger partial charge >= 0.3 is 5.97 Å². The zero-order valence-electron chi connectivity index (χ0n) is 11.4. The fraction of sp³-hybridized carbons (Fsp3) is 0.385. The molecule has 10 nitrogen and oxygen atoms in total. The van der Waals surface area contributed by atoms with Crippen LogP contribution in [0.5, 0.6) is 17.2 Å². The van der Waals surface area contributed by atoms with Crippen molar-refractivity contribution in [3.05, 3.63) is 17.7 Å². The maximum atomic E-state index is 11.0. The molecule has 1 aromatic rings. The van der Waals surface area contributed by atoms with Crippen molar-refractivity contribution in [1.82, 2.24) is 0 Å². The molecule has 1 aliphatic heterocycles. The molecule has 2 rings (SSSR count). The van der Waals surface area contributed by atoms with Crippen molar-refractivity contribution in [2.75, 3.05) is 0 Å². The van der Waals surface area contributed by atoms with E-state index in [0.717, 1.165) is 12.1 Å². The summed E-state index contributed by atoms with van der Waals surface area (Å²) in [6, 6.07) is 1.79. The normalized spacial score (nSPS) is 30.7. The minimum atomic E-state index is -1.90. The quantitative estimate of drug-likeness (QED) is 0.345. The number of benzene rings is 1. The number of carboxylic acid groups (broad SMARTS) is 1. The van der Waals surface area contributed by atoms with E-state index >= 15 is 0 Å². The van der Waals surface area contributed by atoms with Gasteiger partial charge in [-0.15, -0.1) is 0 Å². The predicted molar refractivity (Wildman–Crippen MR) is 70.1 cm³/mol. The van der Waals surface area contributed by atoms with Gasteiger partial charge in [-0.05, 0) is 0 Å². The number of phenolic OH excluding ortho intramolecular Hbond substituents is 2. The molecule has 1 saturated heterocycles. The molecule has 5 atom stereocenters. The summed E-state index contributed by atoms with van der Waals surface area (Å²) in [6.07, 6.45) is -9.08. The van der Waals surface area contributed by atoms with Crippen LogP contribution in [0.25, 0.3) is 0 Å². The van der Waals surface area contributed by atoms with Gasteiger partial charge in [0, 0.05) is 12.1 Å². The third-order valence-electron chi connectivity index (χ3n) is 3.28. The summed E-state index contributed by atoms with van der Waals surface area (Å²) >= 11 is 0. The van der Waals surface area contributed by atoms with Crippen LogP contribution in [0.4, 0.5) is 0 Å². The molecule has 0 radical (unpaired) electrons. The molecule has 126 valence electrons. The molecule has 6 N–H and O–H groups in total. The summed E-state index contributed by atoms with van der Waals surface area (Å²) in [5, 5.41) is 56.9. The van der Waals surface area contributed by atoms with Crippen LogP contribution >= 0.6 is 0 Å². The van der Waals surface area contributed by atoms with Crippen LogP contribution in [0, 0.1) is 0 Å². The lowest BCUT2D eigenvalue weighted by Crippen LogP contribution is -2.61. The number of aromatic hydroxyl groups is 2. The molecule has 1 aliphatic rings. The third-order valence-corrected chi connectivity index (χ3v) is 3.28. The molecular weight excluding hydrogens is 316 g/mol. The second kappa shape index (κ2) is 6.38. The number of aldehydes is 1. The van der Waals surface area contributed by atoms with Crippen LogP contribution in [0.3, 0.4) is 0 Å². The number of hydrogen-bond acceptors (Lipinski definition) is 9. The highest BCUT2D eigenvalue weighted by atomic mass is 16.7. The van der Waals surface area contributed by atoms with Crippen molar-refractivity contribution < 1.29 is 49.7 Å². The SMILES string of the molecule is O=Cc1c(O)cc(O)cc1OC1OC(C(=O)O)C(O)C(O)C1O. The lowest BCUT2D eigenvalue weighted by molar-refractivity contribution is -0.271. The molecule has 0 aromatic heterocycles. The summed E-state index contributed by atoms with van der Waals surface area (Å²) in [5.41, 5.74) is -0.383. The maximum absolute atomic E-state index is 11.0. The van der Waals surface area contributed by atoms with E-state index in [1.54, 1.807) is 0 Å². The van der Waals surface area contributed by atoms with Gasteiger partial charge in [0.25, 0.3) is 0 Å². The number of phenols is 2. The average molecular weight is 330 g/mol. The monoisotopic (exact) mass is 330 g/mol. The number of carboxylic acids is 1. The molecule has 5 unspecified atom stereocenters. The summed E-state index contributed by atoms with van der Waals surface area (Å²) in [7, 11) is 0.